The van der Waals surface area contributed by atoms with E-state index in [0.29, 0.717) is 6.54 Å². The standard InChI is InChI=1S/C13H21ClN2O/c1-9(2)12-15-10(14)8-11(17)16(12)7-6-13(3,4)5/h8-9H,6-7H2,1-5H3. The van der Waals surface area contributed by atoms with Crippen LogP contribution in [0.15, 0.2) is 10.9 Å². The topological polar surface area (TPSA) is 34.9 Å². The Morgan fingerprint density at radius 2 is 2.00 bits per heavy atom. The smallest absolute Gasteiger partial charge is 0.254 e. The van der Waals surface area contributed by atoms with Gasteiger partial charge in [-0.05, 0) is 11.8 Å². The predicted molar refractivity (Wildman–Crippen MR) is 71.7 cm³/mol. The molecule has 0 saturated heterocycles. The SMILES string of the molecule is CC(C)c1nc(Cl)cc(=O)n1CCC(C)(C)C. The molecule has 0 unspecified atom stereocenters. The van der Waals surface area contributed by atoms with Gasteiger partial charge >= 0.3 is 0 Å². The number of aromatic nitrogens is 2. The molecule has 0 amide bonds. The van der Waals surface area contributed by atoms with E-state index in [-0.39, 0.29) is 22.0 Å². The summed E-state index contributed by atoms with van der Waals surface area (Å²) < 4.78 is 1.74. The molecule has 0 aliphatic heterocycles. The van der Waals surface area contributed by atoms with E-state index in [1.807, 2.05) is 13.8 Å². The van der Waals surface area contributed by atoms with Crippen LogP contribution in [0.5, 0.6) is 0 Å². The molecular weight excluding hydrogens is 236 g/mol. The average molecular weight is 257 g/mol. The van der Waals surface area contributed by atoms with Gasteiger partial charge in [-0.25, -0.2) is 4.98 Å². The Labute approximate surface area is 108 Å². The maximum atomic E-state index is 11.9. The lowest BCUT2D eigenvalue weighted by Crippen LogP contribution is -2.27. The molecule has 0 aromatic carbocycles. The third-order valence-corrected chi connectivity index (χ3v) is 2.80. The van der Waals surface area contributed by atoms with Gasteiger partial charge in [0.2, 0.25) is 0 Å². The van der Waals surface area contributed by atoms with Gasteiger partial charge in [0.05, 0.1) is 0 Å². The largest absolute Gasteiger partial charge is 0.296 e. The second-order valence-corrected chi connectivity index (χ2v) is 6.28. The molecule has 96 valence electrons. The van der Waals surface area contributed by atoms with Gasteiger partial charge < -0.3 is 0 Å². The van der Waals surface area contributed by atoms with Gasteiger partial charge in [0.1, 0.15) is 11.0 Å². The van der Waals surface area contributed by atoms with Crippen molar-refractivity contribution in [3.8, 4) is 0 Å². The van der Waals surface area contributed by atoms with Crippen LogP contribution in [0.3, 0.4) is 0 Å². The molecule has 0 atom stereocenters. The maximum absolute atomic E-state index is 11.9. The molecule has 1 rings (SSSR count). The van der Waals surface area contributed by atoms with E-state index in [4.69, 9.17) is 11.6 Å². The summed E-state index contributed by atoms with van der Waals surface area (Å²) in [6, 6.07) is 1.39. The Morgan fingerprint density at radius 3 is 2.47 bits per heavy atom. The van der Waals surface area contributed by atoms with Crippen LogP contribution in [0.4, 0.5) is 0 Å². The Balaban J connectivity index is 3.09. The second-order valence-electron chi connectivity index (χ2n) is 5.89. The van der Waals surface area contributed by atoms with Crippen molar-refractivity contribution in [2.24, 2.45) is 5.41 Å². The minimum Gasteiger partial charge on any atom is -0.296 e. The molecular formula is C13H21ClN2O. The van der Waals surface area contributed by atoms with Crippen molar-refractivity contribution in [3.63, 3.8) is 0 Å². The molecule has 0 N–H and O–H groups in total. The molecule has 1 aromatic heterocycles. The predicted octanol–water partition coefficient (Wildman–Crippen LogP) is 3.46. The summed E-state index contributed by atoms with van der Waals surface area (Å²) in [6.45, 7) is 11.2. The molecule has 0 aliphatic rings. The minimum atomic E-state index is -0.0575. The van der Waals surface area contributed by atoms with Crippen LogP contribution >= 0.6 is 11.6 Å². The molecule has 4 heteroatoms. The Hall–Kier alpha value is -0.830. The van der Waals surface area contributed by atoms with Gasteiger partial charge in [-0.15, -0.1) is 0 Å². The molecule has 17 heavy (non-hydrogen) atoms. The molecule has 0 radical (unpaired) electrons. The zero-order valence-electron chi connectivity index (χ0n) is 11.2. The first-order valence-corrected chi connectivity index (χ1v) is 6.36. The summed E-state index contributed by atoms with van der Waals surface area (Å²) in [5, 5.41) is 0.283. The fraction of sp³-hybridized carbons (Fsp3) is 0.692. The highest BCUT2D eigenvalue weighted by atomic mass is 35.5. The van der Waals surface area contributed by atoms with E-state index < -0.39 is 0 Å². The number of halogens is 1. The van der Waals surface area contributed by atoms with Gasteiger partial charge in [-0.2, -0.15) is 0 Å². The summed E-state index contributed by atoms with van der Waals surface area (Å²) in [5.74, 6) is 0.966. The Morgan fingerprint density at radius 1 is 1.41 bits per heavy atom. The van der Waals surface area contributed by atoms with Gasteiger partial charge in [-0.1, -0.05) is 46.2 Å². The van der Waals surface area contributed by atoms with Gasteiger partial charge in [0, 0.05) is 18.5 Å². The van der Waals surface area contributed by atoms with E-state index in [9.17, 15) is 4.79 Å². The van der Waals surface area contributed by atoms with E-state index in [2.05, 4.69) is 25.8 Å². The normalized spacial score (nSPS) is 12.2. The lowest BCUT2D eigenvalue weighted by molar-refractivity contribution is 0.342. The Bertz CT molecular complexity index is 444. The van der Waals surface area contributed by atoms with E-state index in [1.165, 1.54) is 6.07 Å². The second kappa shape index (κ2) is 5.21. The maximum Gasteiger partial charge on any atom is 0.254 e. The van der Waals surface area contributed by atoms with Gasteiger partial charge in [0.25, 0.3) is 5.56 Å². The first-order valence-electron chi connectivity index (χ1n) is 5.98. The molecule has 3 nitrogen and oxygen atoms in total. The van der Waals surface area contributed by atoms with Crippen LogP contribution in [-0.2, 0) is 6.54 Å². The van der Waals surface area contributed by atoms with Crippen LogP contribution in [-0.4, -0.2) is 9.55 Å². The minimum absolute atomic E-state index is 0.0575. The monoisotopic (exact) mass is 256 g/mol. The molecule has 0 fully saturated rings. The quantitative estimate of drug-likeness (QED) is 0.777. The molecule has 0 saturated carbocycles. The molecule has 0 bridgehead atoms. The number of hydrogen-bond donors (Lipinski definition) is 0. The fourth-order valence-corrected chi connectivity index (χ4v) is 1.79. The van der Waals surface area contributed by atoms with Crippen LogP contribution in [0.2, 0.25) is 5.15 Å². The van der Waals surface area contributed by atoms with Gasteiger partial charge in [0.15, 0.2) is 0 Å². The van der Waals surface area contributed by atoms with E-state index >= 15 is 0 Å². The summed E-state index contributed by atoms with van der Waals surface area (Å²) in [5.41, 5.74) is 0.144. The van der Waals surface area contributed by atoms with Crippen LogP contribution < -0.4 is 5.56 Å². The van der Waals surface area contributed by atoms with E-state index in [0.717, 1.165) is 12.2 Å². The van der Waals surface area contributed by atoms with Crippen molar-refractivity contribution < 1.29 is 0 Å². The summed E-state index contributed by atoms with van der Waals surface area (Å²) in [7, 11) is 0. The first-order chi connectivity index (χ1) is 7.70. The highest BCUT2D eigenvalue weighted by Crippen LogP contribution is 2.20. The molecule has 0 aliphatic carbocycles. The number of hydrogen-bond acceptors (Lipinski definition) is 2. The van der Waals surface area contributed by atoms with Crippen molar-refractivity contribution in [1.82, 2.24) is 9.55 Å². The zero-order valence-corrected chi connectivity index (χ0v) is 12.0. The summed E-state index contributed by atoms with van der Waals surface area (Å²) in [4.78, 5) is 16.2. The van der Waals surface area contributed by atoms with Crippen molar-refractivity contribution >= 4 is 11.6 Å². The van der Waals surface area contributed by atoms with Crippen molar-refractivity contribution in [2.75, 3.05) is 0 Å². The third-order valence-electron chi connectivity index (χ3n) is 2.61. The lowest BCUT2D eigenvalue weighted by atomic mass is 9.92. The average Bonchev–Trinajstić information content (AvgIpc) is 2.13. The fourth-order valence-electron chi connectivity index (χ4n) is 1.61. The zero-order chi connectivity index (χ0) is 13.2. The molecule has 0 spiro atoms. The van der Waals surface area contributed by atoms with Crippen molar-refractivity contribution in [2.45, 2.75) is 53.5 Å². The van der Waals surface area contributed by atoms with Crippen LogP contribution in [0.25, 0.3) is 0 Å². The van der Waals surface area contributed by atoms with E-state index in [1.54, 1.807) is 4.57 Å². The van der Waals surface area contributed by atoms with Gasteiger partial charge in [-0.3, -0.25) is 9.36 Å². The summed E-state index contributed by atoms with van der Waals surface area (Å²) in [6.07, 6.45) is 0.940. The lowest BCUT2D eigenvalue weighted by Gasteiger charge is -2.21. The number of nitrogens with zero attached hydrogens (tertiary/aromatic N) is 2. The van der Waals surface area contributed by atoms with Crippen LogP contribution in [0, 0.1) is 5.41 Å². The molecule has 1 aromatic rings. The Kier molecular flexibility index (Phi) is 4.36. The third kappa shape index (κ3) is 4.15. The summed E-state index contributed by atoms with van der Waals surface area (Å²) >= 11 is 5.83. The van der Waals surface area contributed by atoms with Crippen LogP contribution in [0.1, 0.15) is 52.8 Å². The molecule has 1 heterocycles. The first kappa shape index (κ1) is 14.2. The van der Waals surface area contributed by atoms with Crippen molar-refractivity contribution in [3.05, 3.63) is 27.4 Å². The highest BCUT2D eigenvalue weighted by molar-refractivity contribution is 6.29. The highest BCUT2D eigenvalue weighted by Gasteiger charge is 2.15. The van der Waals surface area contributed by atoms with Crippen molar-refractivity contribution in [1.29, 1.82) is 0 Å². The number of rotatable bonds is 3.